The highest BCUT2D eigenvalue weighted by Crippen LogP contribution is 2.27. The minimum Gasteiger partial charge on any atom is -0.497 e. The summed E-state index contributed by atoms with van der Waals surface area (Å²) in [6, 6.07) is 21.4. The SMILES string of the molecule is COc1ccc(C=Cc2ccc3c(c2)C(=CNc2ccc(N4CCN(C)CC4)cc2)C(=O)NC3=O)cc1. The van der Waals surface area contributed by atoms with Gasteiger partial charge in [0.15, 0.2) is 0 Å². The molecule has 0 aliphatic carbocycles. The van der Waals surface area contributed by atoms with Crippen LogP contribution in [-0.4, -0.2) is 57.1 Å². The zero-order valence-corrected chi connectivity index (χ0v) is 21.0. The van der Waals surface area contributed by atoms with Gasteiger partial charge in [-0.1, -0.05) is 30.4 Å². The van der Waals surface area contributed by atoms with Crippen LogP contribution < -0.4 is 20.3 Å². The highest BCUT2D eigenvalue weighted by atomic mass is 16.5. The minimum atomic E-state index is -0.421. The third kappa shape index (κ3) is 5.57. The van der Waals surface area contributed by atoms with Gasteiger partial charge in [-0.2, -0.15) is 0 Å². The van der Waals surface area contributed by atoms with Crippen LogP contribution in [0.3, 0.4) is 0 Å². The molecule has 0 aromatic heterocycles. The number of hydrogen-bond donors (Lipinski definition) is 2. The number of fused-ring (bicyclic) bond motifs is 1. The predicted octanol–water partition coefficient (Wildman–Crippen LogP) is 4.34. The van der Waals surface area contributed by atoms with Crippen molar-refractivity contribution in [2.24, 2.45) is 0 Å². The van der Waals surface area contributed by atoms with E-state index < -0.39 is 5.91 Å². The maximum atomic E-state index is 12.7. The highest BCUT2D eigenvalue weighted by Gasteiger charge is 2.27. The number of anilines is 2. The number of hydrogen-bond acceptors (Lipinski definition) is 6. The van der Waals surface area contributed by atoms with Gasteiger partial charge in [0.05, 0.1) is 12.7 Å². The zero-order chi connectivity index (χ0) is 25.8. The lowest BCUT2D eigenvalue weighted by molar-refractivity contribution is -0.114. The van der Waals surface area contributed by atoms with E-state index in [2.05, 4.69) is 39.6 Å². The molecular formula is C30H30N4O3. The Bertz CT molecular complexity index is 1350. The number of rotatable bonds is 6. The summed E-state index contributed by atoms with van der Waals surface area (Å²) in [6.07, 6.45) is 5.61. The summed E-state index contributed by atoms with van der Waals surface area (Å²) in [4.78, 5) is 29.9. The molecule has 1 fully saturated rings. The number of benzene rings is 3. The lowest BCUT2D eigenvalue weighted by Gasteiger charge is -2.34. The van der Waals surface area contributed by atoms with Crippen molar-refractivity contribution in [3.05, 3.63) is 95.2 Å². The first-order valence-corrected chi connectivity index (χ1v) is 12.3. The van der Waals surface area contributed by atoms with Crippen LogP contribution in [0.15, 0.2) is 72.9 Å². The quantitative estimate of drug-likeness (QED) is 0.302. The van der Waals surface area contributed by atoms with Crippen molar-refractivity contribution in [2.75, 3.05) is 50.6 Å². The summed E-state index contributed by atoms with van der Waals surface area (Å²) in [5.74, 6) is -0.0126. The van der Waals surface area contributed by atoms with Crippen LogP contribution in [0, 0.1) is 0 Å². The van der Waals surface area contributed by atoms with Gasteiger partial charge in [-0.05, 0) is 66.7 Å². The van der Waals surface area contributed by atoms with Gasteiger partial charge in [0, 0.05) is 54.9 Å². The van der Waals surface area contributed by atoms with E-state index in [4.69, 9.17) is 4.74 Å². The number of nitrogens with one attached hydrogen (secondary N) is 2. The molecule has 188 valence electrons. The van der Waals surface area contributed by atoms with E-state index in [9.17, 15) is 9.59 Å². The molecule has 3 aromatic carbocycles. The Morgan fingerprint density at radius 3 is 2.19 bits per heavy atom. The normalized spacial score (nSPS) is 17.1. The van der Waals surface area contributed by atoms with Crippen LogP contribution in [0.5, 0.6) is 5.75 Å². The average Bonchev–Trinajstić information content (AvgIpc) is 2.93. The number of amides is 2. The second-order valence-electron chi connectivity index (χ2n) is 9.23. The standard InChI is InChI=1S/C30H30N4O3/c1-33-15-17-34(18-16-33)24-10-8-23(9-11-24)31-20-28-27-19-22(7-14-26(27)29(35)32-30(28)36)4-3-21-5-12-25(37-2)13-6-21/h3-14,19-20,31H,15-18H2,1-2H3,(H,32,35,36). The molecule has 0 spiro atoms. The van der Waals surface area contributed by atoms with E-state index in [1.807, 2.05) is 60.7 Å². The molecule has 0 bridgehead atoms. The van der Waals surface area contributed by atoms with Crippen molar-refractivity contribution < 1.29 is 14.3 Å². The van der Waals surface area contributed by atoms with E-state index in [1.54, 1.807) is 19.4 Å². The van der Waals surface area contributed by atoms with Crippen molar-refractivity contribution in [3.8, 4) is 5.75 Å². The minimum absolute atomic E-state index is 0.389. The number of carbonyl (C=O) groups excluding carboxylic acids is 2. The molecule has 37 heavy (non-hydrogen) atoms. The molecule has 2 N–H and O–H groups in total. The summed E-state index contributed by atoms with van der Waals surface area (Å²) in [5, 5.41) is 5.67. The van der Waals surface area contributed by atoms with E-state index in [0.29, 0.717) is 16.7 Å². The number of piperazine rings is 1. The number of ether oxygens (including phenoxy) is 1. The summed E-state index contributed by atoms with van der Waals surface area (Å²) >= 11 is 0. The summed E-state index contributed by atoms with van der Waals surface area (Å²) in [7, 11) is 3.78. The van der Waals surface area contributed by atoms with Crippen LogP contribution in [0.4, 0.5) is 11.4 Å². The Morgan fingerprint density at radius 2 is 1.49 bits per heavy atom. The molecule has 5 rings (SSSR count). The monoisotopic (exact) mass is 494 g/mol. The Balaban J connectivity index is 1.35. The maximum Gasteiger partial charge on any atom is 0.260 e. The molecule has 2 heterocycles. The van der Waals surface area contributed by atoms with Crippen molar-refractivity contribution >= 4 is 40.9 Å². The van der Waals surface area contributed by atoms with Gasteiger partial charge in [-0.3, -0.25) is 14.9 Å². The first-order valence-electron chi connectivity index (χ1n) is 12.3. The van der Waals surface area contributed by atoms with Crippen LogP contribution in [0.1, 0.15) is 27.0 Å². The number of imide groups is 1. The maximum absolute atomic E-state index is 12.7. The van der Waals surface area contributed by atoms with E-state index in [0.717, 1.165) is 48.7 Å². The predicted molar refractivity (Wildman–Crippen MR) is 149 cm³/mol. The number of likely N-dealkylation sites (N-methyl/N-ethyl adjacent to an activating group) is 1. The number of methoxy groups -OCH3 is 1. The van der Waals surface area contributed by atoms with E-state index >= 15 is 0 Å². The summed E-state index contributed by atoms with van der Waals surface area (Å²) < 4.78 is 5.21. The number of nitrogens with zero attached hydrogens (tertiary/aromatic N) is 2. The van der Waals surface area contributed by atoms with Gasteiger partial charge < -0.3 is 19.9 Å². The molecule has 2 aliphatic heterocycles. The molecule has 0 saturated carbocycles. The first kappa shape index (κ1) is 24.3. The lowest BCUT2D eigenvalue weighted by atomic mass is 9.93. The molecule has 0 atom stereocenters. The van der Waals surface area contributed by atoms with Gasteiger partial charge >= 0.3 is 0 Å². The van der Waals surface area contributed by atoms with Crippen molar-refractivity contribution in [1.29, 1.82) is 0 Å². The topological polar surface area (TPSA) is 73.9 Å². The fourth-order valence-corrected chi connectivity index (χ4v) is 4.49. The second-order valence-corrected chi connectivity index (χ2v) is 9.23. The van der Waals surface area contributed by atoms with Crippen molar-refractivity contribution in [2.45, 2.75) is 0 Å². The smallest absolute Gasteiger partial charge is 0.260 e. The molecule has 2 amide bonds. The summed E-state index contributed by atoms with van der Waals surface area (Å²) in [5.41, 5.74) is 5.45. The zero-order valence-electron chi connectivity index (χ0n) is 21.0. The van der Waals surface area contributed by atoms with E-state index in [-0.39, 0.29) is 5.91 Å². The summed E-state index contributed by atoms with van der Waals surface area (Å²) in [6.45, 7) is 4.12. The Labute approximate surface area is 217 Å². The van der Waals surface area contributed by atoms with E-state index in [1.165, 1.54) is 5.69 Å². The molecule has 0 unspecified atom stereocenters. The largest absolute Gasteiger partial charge is 0.497 e. The Hall–Kier alpha value is -4.36. The third-order valence-electron chi connectivity index (χ3n) is 6.75. The Kier molecular flexibility index (Phi) is 7.05. The highest BCUT2D eigenvalue weighted by molar-refractivity contribution is 6.31. The lowest BCUT2D eigenvalue weighted by Crippen LogP contribution is -2.44. The van der Waals surface area contributed by atoms with Gasteiger partial charge in [0.1, 0.15) is 5.75 Å². The molecular weight excluding hydrogens is 464 g/mol. The fourth-order valence-electron chi connectivity index (χ4n) is 4.49. The molecule has 3 aromatic rings. The molecule has 7 nitrogen and oxygen atoms in total. The van der Waals surface area contributed by atoms with Crippen molar-refractivity contribution in [3.63, 3.8) is 0 Å². The van der Waals surface area contributed by atoms with Gasteiger partial charge in [-0.15, -0.1) is 0 Å². The fraction of sp³-hybridized carbons (Fsp3) is 0.200. The van der Waals surface area contributed by atoms with Gasteiger partial charge in [0.25, 0.3) is 11.8 Å². The van der Waals surface area contributed by atoms with Crippen LogP contribution in [0.2, 0.25) is 0 Å². The van der Waals surface area contributed by atoms with Gasteiger partial charge in [0.2, 0.25) is 0 Å². The second kappa shape index (κ2) is 10.7. The van der Waals surface area contributed by atoms with Crippen LogP contribution >= 0.6 is 0 Å². The molecule has 1 saturated heterocycles. The molecule has 2 aliphatic rings. The van der Waals surface area contributed by atoms with Gasteiger partial charge in [-0.25, -0.2) is 0 Å². The average molecular weight is 495 g/mol. The molecule has 0 radical (unpaired) electrons. The third-order valence-corrected chi connectivity index (χ3v) is 6.75. The molecule has 7 heteroatoms. The van der Waals surface area contributed by atoms with Crippen LogP contribution in [-0.2, 0) is 4.79 Å². The van der Waals surface area contributed by atoms with Crippen molar-refractivity contribution in [1.82, 2.24) is 10.2 Å². The Morgan fingerprint density at radius 1 is 0.811 bits per heavy atom. The first-order chi connectivity index (χ1) is 18.0. The van der Waals surface area contributed by atoms with Crippen LogP contribution in [0.25, 0.3) is 17.7 Å². The number of carbonyl (C=O) groups is 2.